The summed E-state index contributed by atoms with van der Waals surface area (Å²) in [4.78, 5) is 17.0. The van der Waals surface area contributed by atoms with Crippen LogP contribution in [0.15, 0.2) is 72.9 Å². The van der Waals surface area contributed by atoms with Gasteiger partial charge in [0.15, 0.2) is 0 Å². The fourth-order valence-corrected chi connectivity index (χ4v) is 2.74. The van der Waals surface area contributed by atoms with E-state index >= 15 is 0 Å². The fraction of sp³-hybridized carbons (Fsp3) is 0.143. The first-order valence-corrected chi connectivity index (χ1v) is 8.52. The Bertz CT molecular complexity index is 830. The minimum atomic E-state index is -0.212. The zero-order chi connectivity index (χ0) is 17.6. The number of benzene rings is 2. The number of nitrogens with one attached hydrogen (secondary N) is 1. The smallest absolute Gasteiger partial charge is 0.251 e. The van der Waals surface area contributed by atoms with Crippen LogP contribution in [-0.4, -0.2) is 10.9 Å². The van der Waals surface area contributed by atoms with Gasteiger partial charge in [0, 0.05) is 16.8 Å². The fourth-order valence-electron chi connectivity index (χ4n) is 2.61. The van der Waals surface area contributed by atoms with Crippen molar-refractivity contribution < 1.29 is 4.79 Å². The number of nitrogens with zero attached hydrogens (tertiary/aromatic N) is 1. The topological polar surface area (TPSA) is 42.0 Å². The zero-order valence-electron chi connectivity index (χ0n) is 13.9. The van der Waals surface area contributed by atoms with E-state index in [9.17, 15) is 4.79 Å². The third-order valence-electron chi connectivity index (χ3n) is 4.02. The molecule has 25 heavy (non-hydrogen) atoms. The normalized spacial score (nSPS) is 11.8. The van der Waals surface area contributed by atoms with Gasteiger partial charge in [-0.2, -0.15) is 0 Å². The SMILES string of the molecule is Cc1ccc(C(=O)NC(Cc2ccc(Cl)cc2)c2ccccn2)cc1. The summed E-state index contributed by atoms with van der Waals surface area (Å²) >= 11 is 5.96. The Labute approximate surface area is 152 Å². The van der Waals surface area contributed by atoms with Crippen LogP contribution >= 0.6 is 11.6 Å². The average molecular weight is 351 g/mol. The molecule has 1 heterocycles. The van der Waals surface area contributed by atoms with Crippen molar-refractivity contribution in [2.45, 2.75) is 19.4 Å². The van der Waals surface area contributed by atoms with Gasteiger partial charge in [-0.3, -0.25) is 9.78 Å². The first-order chi connectivity index (χ1) is 12.1. The maximum absolute atomic E-state index is 12.6. The summed E-state index contributed by atoms with van der Waals surface area (Å²) in [7, 11) is 0. The van der Waals surface area contributed by atoms with Gasteiger partial charge in [0.1, 0.15) is 0 Å². The van der Waals surface area contributed by atoms with Crippen LogP contribution in [0, 0.1) is 6.92 Å². The second-order valence-electron chi connectivity index (χ2n) is 5.98. The van der Waals surface area contributed by atoms with Crippen LogP contribution < -0.4 is 5.32 Å². The molecule has 0 saturated heterocycles. The molecule has 0 fully saturated rings. The molecule has 4 heteroatoms. The van der Waals surface area contributed by atoms with Gasteiger partial charge in [-0.05, 0) is 55.3 Å². The maximum atomic E-state index is 12.6. The number of aryl methyl sites for hydroxylation is 1. The molecule has 0 saturated carbocycles. The summed E-state index contributed by atoms with van der Waals surface area (Å²) in [5, 5.41) is 3.79. The molecule has 0 radical (unpaired) electrons. The number of carbonyl (C=O) groups is 1. The Morgan fingerprint density at radius 1 is 1.04 bits per heavy atom. The molecule has 1 unspecified atom stereocenters. The number of pyridine rings is 1. The number of hydrogen-bond donors (Lipinski definition) is 1. The van der Waals surface area contributed by atoms with Gasteiger partial charge in [0.2, 0.25) is 0 Å². The van der Waals surface area contributed by atoms with Crippen molar-refractivity contribution in [1.29, 1.82) is 0 Å². The zero-order valence-corrected chi connectivity index (χ0v) is 14.7. The van der Waals surface area contributed by atoms with Crippen molar-refractivity contribution in [3.63, 3.8) is 0 Å². The molecule has 1 aromatic heterocycles. The predicted molar refractivity (Wildman–Crippen MR) is 101 cm³/mol. The maximum Gasteiger partial charge on any atom is 0.251 e. The molecule has 3 aromatic rings. The molecular weight excluding hydrogens is 332 g/mol. The molecule has 3 nitrogen and oxygen atoms in total. The van der Waals surface area contributed by atoms with Crippen LogP contribution in [0.1, 0.15) is 33.2 Å². The van der Waals surface area contributed by atoms with Crippen molar-refractivity contribution in [1.82, 2.24) is 10.3 Å². The van der Waals surface area contributed by atoms with E-state index in [1.807, 2.05) is 73.7 Å². The average Bonchev–Trinajstić information content (AvgIpc) is 2.64. The second kappa shape index (κ2) is 7.95. The van der Waals surface area contributed by atoms with Gasteiger partial charge in [-0.15, -0.1) is 0 Å². The molecule has 126 valence electrons. The van der Waals surface area contributed by atoms with E-state index < -0.39 is 0 Å². The molecule has 3 rings (SSSR count). The van der Waals surface area contributed by atoms with Crippen LogP contribution in [0.25, 0.3) is 0 Å². The van der Waals surface area contributed by atoms with Crippen molar-refractivity contribution in [3.05, 3.63) is 100 Å². The highest BCUT2D eigenvalue weighted by molar-refractivity contribution is 6.30. The molecule has 0 bridgehead atoms. The van der Waals surface area contributed by atoms with Crippen molar-refractivity contribution in [2.24, 2.45) is 0 Å². The molecule has 0 aliphatic heterocycles. The van der Waals surface area contributed by atoms with Gasteiger partial charge < -0.3 is 5.32 Å². The third kappa shape index (κ3) is 4.68. The summed E-state index contributed by atoms with van der Waals surface area (Å²) in [6, 6.07) is 20.7. The number of rotatable bonds is 5. The summed E-state index contributed by atoms with van der Waals surface area (Å²) in [5.74, 6) is -0.107. The lowest BCUT2D eigenvalue weighted by Gasteiger charge is -2.19. The summed E-state index contributed by atoms with van der Waals surface area (Å²) in [6.07, 6.45) is 2.38. The highest BCUT2D eigenvalue weighted by Crippen LogP contribution is 2.19. The molecule has 1 atom stereocenters. The molecule has 0 aliphatic rings. The van der Waals surface area contributed by atoms with E-state index in [0.29, 0.717) is 17.0 Å². The summed E-state index contributed by atoms with van der Waals surface area (Å²) < 4.78 is 0. The van der Waals surface area contributed by atoms with Gasteiger partial charge in [0.05, 0.1) is 11.7 Å². The first kappa shape index (κ1) is 17.2. The Morgan fingerprint density at radius 2 is 1.76 bits per heavy atom. The standard InChI is InChI=1S/C21H19ClN2O/c1-15-5-9-17(10-6-15)21(25)24-20(19-4-2-3-13-23-19)14-16-7-11-18(22)12-8-16/h2-13,20H,14H2,1H3,(H,24,25). The van der Waals surface area contributed by atoms with Crippen LogP contribution in [0.2, 0.25) is 5.02 Å². The van der Waals surface area contributed by atoms with E-state index in [1.165, 1.54) is 0 Å². The lowest BCUT2D eigenvalue weighted by atomic mass is 10.0. The number of amides is 1. The largest absolute Gasteiger partial charge is 0.343 e. The Hall–Kier alpha value is -2.65. The molecule has 1 amide bonds. The van der Waals surface area contributed by atoms with E-state index in [-0.39, 0.29) is 11.9 Å². The predicted octanol–water partition coefficient (Wildman–Crippen LogP) is 4.76. The third-order valence-corrected chi connectivity index (χ3v) is 4.27. The van der Waals surface area contributed by atoms with Crippen molar-refractivity contribution >= 4 is 17.5 Å². The van der Waals surface area contributed by atoms with Crippen molar-refractivity contribution in [2.75, 3.05) is 0 Å². The lowest BCUT2D eigenvalue weighted by Crippen LogP contribution is -2.30. The van der Waals surface area contributed by atoms with Crippen LogP contribution in [0.4, 0.5) is 0 Å². The summed E-state index contributed by atoms with van der Waals surface area (Å²) in [5.41, 5.74) is 3.68. The Kier molecular flexibility index (Phi) is 5.46. The van der Waals surface area contributed by atoms with Crippen molar-refractivity contribution in [3.8, 4) is 0 Å². The molecule has 2 aromatic carbocycles. The lowest BCUT2D eigenvalue weighted by molar-refractivity contribution is 0.0935. The number of hydrogen-bond acceptors (Lipinski definition) is 2. The highest BCUT2D eigenvalue weighted by Gasteiger charge is 2.17. The Balaban J connectivity index is 1.82. The monoisotopic (exact) mass is 350 g/mol. The van der Waals surface area contributed by atoms with Crippen LogP contribution in [0.3, 0.4) is 0 Å². The second-order valence-corrected chi connectivity index (χ2v) is 6.41. The first-order valence-electron chi connectivity index (χ1n) is 8.15. The van der Waals surface area contributed by atoms with Crippen LogP contribution in [0.5, 0.6) is 0 Å². The number of aromatic nitrogens is 1. The van der Waals surface area contributed by atoms with E-state index in [4.69, 9.17) is 11.6 Å². The molecule has 1 N–H and O–H groups in total. The number of carbonyl (C=O) groups excluding carboxylic acids is 1. The van der Waals surface area contributed by atoms with E-state index in [0.717, 1.165) is 16.8 Å². The van der Waals surface area contributed by atoms with Crippen LogP contribution in [-0.2, 0) is 6.42 Å². The minimum absolute atomic E-state index is 0.107. The minimum Gasteiger partial charge on any atom is -0.343 e. The van der Waals surface area contributed by atoms with Gasteiger partial charge in [-0.1, -0.05) is 47.5 Å². The molecule has 0 spiro atoms. The van der Waals surface area contributed by atoms with Gasteiger partial charge in [-0.25, -0.2) is 0 Å². The summed E-state index contributed by atoms with van der Waals surface area (Å²) in [6.45, 7) is 2.00. The van der Waals surface area contributed by atoms with Gasteiger partial charge >= 0.3 is 0 Å². The van der Waals surface area contributed by atoms with E-state index in [1.54, 1.807) is 6.20 Å². The Morgan fingerprint density at radius 3 is 2.40 bits per heavy atom. The molecule has 0 aliphatic carbocycles. The quantitative estimate of drug-likeness (QED) is 0.721. The van der Waals surface area contributed by atoms with E-state index in [2.05, 4.69) is 10.3 Å². The highest BCUT2D eigenvalue weighted by atomic mass is 35.5. The molecular formula is C21H19ClN2O. The van der Waals surface area contributed by atoms with Gasteiger partial charge in [0.25, 0.3) is 5.91 Å². The number of halogens is 1.